The molecule has 304 valence electrons. The number of thiophene rings is 1. The molecule has 0 N–H and O–H groups in total. The van der Waals surface area contributed by atoms with Crippen LogP contribution in [0, 0.1) is 0 Å². The van der Waals surface area contributed by atoms with E-state index < -0.39 is 0 Å². The fourth-order valence-electron chi connectivity index (χ4n) is 9.59. The largest absolute Gasteiger partial charge is 0.309 e. The number of fused-ring (bicyclic) bond motifs is 7. The Morgan fingerprint density at radius 2 is 0.754 bits per heavy atom. The Hall–Kier alpha value is -8.45. The van der Waals surface area contributed by atoms with E-state index in [0.717, 1.165) is 66.8 Å². The minimum absolute atomic E-state index is 0.589. The van der Waals surface area contributed by atoms with E-state index in [-0.39, 0.29) is 0 Å². The fourth-order valence-corrected chi connectivity index (χ4v) is 10.7. The van der Waals surface area contributed by atoms with Crippen molar-refractivity contribution in [3.05, 3.63) is 224 Å². The summed E-state index contributed by atoms with van der Waals surface area (Å²) in [6, 6.07) is 79.8. The van der Waals surface area contributed by atoms with E-state index in [4.69, 9.17) is 15.0 Å². The Bertz CT molecular complexity index is 3680. The molecule has 0 radical (unpaired) electrons. The standard InChI is InChI=1S/C59H37N5S/c1-2-16-38(17-3-1)45-19-5-6-24-50(45)59-61-57(40-32-30-39(31-33-40)56-36-41-18-4-15-29-55(41)65-56)60-58(62-59)42-34-43(63-51-25-11-7-20-46(51)47-21-8-12-26-52(47)63)37-44(35-42)64-53-27-13-9-22-48(53)49-23-10-14-28-54(49)64/h1-37H. The van der Waals surface area contributed by atoms with Gasteiger partial charge in [-0.2, -0.15) is 0 Å². The molecule has 0 aliphatic carbocycles. The summed E-state index contributed by atoms with van der Waals surface area (Å²) in [7, 11) is 0. The molecule has 0 saturated carbocycles. The van der Waals surface area contributed by atoms with Crippen LogP contribution in [0.2, 0.25) is 0 Å². The molecule has 0 bridgehead atoms. The van der Waals surface area contributed by atoms with Gasteiger partial charge in [-0.15, -0.1) is 11.3 Å². The molecule has 13 rings (SSSR count). The van der Waals surface area contributed by atoms with E-state index in [0.29, 0.717) is 17.5 Å². The first kappa shape index (κ1) is 37.1. The van der Waals surface area contributed by atoms with Gasteiger partial charge in [0.15, 0.2) is 17.5 Å². The number of nitrogens with zero attached hydrogens (tertiary/aromatic N) is 5. The van der Waals surface area contributed by atoms with Crippen molar-refractivity contribution in [3.63, 3.8) is 0 Å². The molecule has 0 aliphatic heterocycles. The van der Waals surface area contributed by atoms with Crippen LogP contribution < -0.4 is 0 Å². The van der Waals surface area contributed by atoms with Crippen molar-refractivity contribution < 1.29 is 0 Å². The summed E-state index contributed by atoms with van der Waals surface area (Å²) in [5.74, 6) is 1.81. The Morgan fingerprint density at radius 3 is 1.32 bits per heavy atom. The maximum atomic E-state index is 5.43. The zero-order valence-electron chi connectivity index (χ0n) is 35.0. The Labute approximate surface area is 378 Å². The predicted molar refractivity (Wildman–Crippen MR) is 271 cm³/mol. The molecule has 9 aromatic carbocycles. The molecule has 0 fully saturated rings. The highest BCUT2D eigenvalue weighted by Gasteiger charge is 2.21. The first-order chi connectivity index (χ1) is 32.2. The van der Waals surface area contributed by atoms with Crippen LogP contribution in [0.4, 0.5) is 0 Å². The molecule has 6 heteroatoms. The number of benzene rings is 9. The SMILES string of the molecule is c1ccc(-c2ccccc2-c2nc(-c3ccc(-c4cc5ccccc5s4)cc3)nc(-c3cc(-n4c5ccccc5c5ccccc54)cc(-n4c5ccccc5c5ccccc54)c3)n2)cc1. The molecule has 65 heavy (non-hydrogen) atoms. The second-order valence-corrected chi connectivity index (χ2v) is 17.5. The topological polar surface area (TPSA) is 48.5 Å². The number of para-hydroxylation sites is 4. The molecular formula is C59H37N5S. The van der Waals surface area contributed by atoms with Gasteiger partial charge in [-0.1, -0.05) is 170 Å². The molecule has 13 aromatic rings. The molecule has 0 aliphatic rings. The third-order valence-electron chi connectivity index (χ3n) is 12.6. The van der Waals surface area contributed by atoms with Crippen molar-refractivity contribution in [3.8, 4) is 67.1 Å². The zero-order chi connectivity index (χ0) is 42.8. The lowest BCUT2D eigenvalue weighted by Gasteiger charge is -2.16. The minimum Gasteiger partial charge on any atom is -0.309 e. The number of hydrogen-bond donors (Lipinski definition) is 0. The first-order valence-electron chi connectivity index (χ1n) is 21.8. The van der Waals surface area contributed by atoms with Gasteiger partial charge in [-0.3, -0.25) is 0 Å². The summed E-state index contributed by atoms with van der Waals surface area (Å²) in [4.78, 5) is 17.4. The van der Waals surface area contributed by atoms with E-state index in [1.165, 1.54) is 36.5 Å². The van der Waals surface area contributed by atoms with E-state index in [9.17, 15) is 0 Å². The summed E-state index contributed by atoms with van der Waals surface area (Å²) in [6.45, 7) is 0. The maximum absolute atomic E-state index is 5.43. The molecule has 0 saturated heterocycles. The molecule has 0 spiro atoms. The number of rotatable bonds is 7. The van der Waals surface area contributed by atoms with Gasteiger partial charge in [0.25, 0.3) is 0 Å². The highest BCUT2D eigenvalue weighted by Crippen LogP contribution is 2.40. The molecule has 0 amide bonds. The minimum atomic E-state index is 0.589. The molecule has 0 atom stereocenters. The van der Waals surface area contributed by atoms with Crippen LogP contribution in [0.15, 0.2) is 224 Å². The van der Waals surface area contributed by atoms with Gasteiger partial charge in [0.2, 0.25) is 0 Å². The summed E-state index contributed by atoms with van der Waals surface area (Å²) < 4.78 is 6.04. The van der Waals surface area contributed by atoms with Gasteiger partial charge in [-0.25, -0.2) is 15.0 Å². The van der Waals surface area contributed by atoms with E-state index in [1.807, 2.05) is 17.4 Å². The zero-order valence-corrected chi connectivity index (χ0v) is 35.8. The molecule has 4 heterocycles. The Balaban J connectivity index is 1.07. The lowest BCUT2D eigenvalue weighted by Crippen LogP contribution is -2.04. The van der Waals surface area contributed by atoms with Crippen molar-refractivity contribution in [2.75, 3.05) is 0 Å². The van der Waals surface area contributed by atoms with Gasteiger partial charge in [0.1, 0.15) is 0 Å². The van der Waals surface area contributed by atoms with Crippen LogP contribution in [0.5, 0.6) is 0 Å². The van der Waals surface area contributed by atoms with Gasteiger partial charge >= 0.3 is 0 Å². The van der Waals surface area contributed by atoms with Crippen molar-refractivity contribution in [1.82, 2.24) is 24.1 Å². The molecule has 0 unspecified atom stereocenters. The molecular weight excluding hydrogens is 811 g/mol. The van der Waals surface area contributed by atoms with Crippen LogP contribution in [0.1, 0.15) is 0 Å². The lowest BCUT2D eigenvalue weighted by molar-refractivity contribution is 1.07. The average molecular weight is 848 g/mol. The summed E-state index contributed by atoms with van der Waals surface area (Å²) >= 11 is 1.81. The van der Waals surface area contributed by atoms with E-state index in [2.05, 4.69) is 228 Å². The normalized spacial score (nSPS) is 11.7. The van der Waals surface area contributed by atoms with Crippen molar-refractivity contribution >= 4 is 65.0 Å². The quantitative estimate of drug-likeness (QED) is 0.161. The van der Waals surface area contributed by atoms with E-state index >= 15 is 0 Å². The van der Waals surface area contributed by atoms with Gasteiger partial charge in [0, 0.05) is 59.2 Å². The smallest absolute Gasteiger partial charge is 0.164 e. The monoisotopic (exact) mass is 847 g/mol. The second-order valence-electron chi connectivity index (χ2n) is 16.4. The number of hydrogen-bond acceptors (Lipinski definition) is 4. The van der Waals surface area contributed by atoms with Crippen molar-refractivity contribution in [2.45, 2.75) is 0 Å². The maximum Gasteiger partial charge on any atom is 0.164 e. The molecule has 4 aromatic heterocycles. The van der Waals surface area contributed by atoms with Gasteiger partial charge in [0.05, 0.1) is 22.1 Å². The summed E-state index contributed by atoms with van der Waals surface area (Å²) in [5, 5.41) is 6.06. The lowest BCUT2D eigenvalue weighted by atomic mass is 9.99. The first-order valence-corrected chi connectivity index (χ1v) is 22.7. The van der Waals surface area contributed by atoms with Crippen LogP contribution in [0.25, 0.3) is 121 Å². The predicted octanol–water partition coefficient (Wildman–Crippen LogP) is 15.6. The van der Waals surface area contributed by atoms with Crippen LogP contribution in [0.3, 0.4) is 0 Å². The highest BCUT2D eigenvalue weighted by atomic mass is 32.1. The molecule has 5 nitrogen and oxygen atoms in total. The second kappa shape index (κ2) is 15.1. The fraction of sp³-hybridized carbons (Fsp3) is 0. The van der Waals surface area contributed by atoms with Crippen LogP contribution in [-0.4, -0.2) is 24.1 Å². The van der Waals surface area contributed by atoms with Crippen molar-refractivity contribution in [2.24, 2.45) is 0 Å². The van der Waals surface area contributed by atoms with Gasteiger partial charge < -0.3 is 9.13 Å². The third kappa shape index (κ3) is 6.26. The summed E-state index contributed by atoms with van der Waals surface area (Å²) in [6.07, 6.45) is 0. The van der Waals surface area contributed by atoms with Crippen LogP contribution >= 0.6 is 11.3 Å². The van der Waals surface area contributed by atoms with E-state index in [1.54, 1.807) is 0 Å². The summed E-state index contributed by atoms with van der Waals surface area (Å²) in [5.41, 5.74) is 12.6. The Morgan fingerprint density at radius 1 is 0.308 bits per heavy atom. The Kier molecular flexibility index (Phi) is 8.64. The van der Waals surface area contributed by atoms with Crippen LogP contribution in [-0.2, 0) is 0 Å². The van der Waals surface area contributed by atoms with Crippen molar-refractivity contribution in [1.29, 1.82) is 0 Å². The highest BCUT2D eigenvalue weighted by molar-refractivity contribution is 7.22. The van der Waals surface area contributed by atoms with Gasteiger partial charge in [-0.05, 0) is 76.7 Å². The average Bonchev–Trinajstić information content (AvgIpc) is 4.07. The number of aromatic nitrogens is 5. The third-order valence-corrected chi connectivity index (χ3v) is 13.7.